The van der Waals surface area contributed by atoms with Crippen molar-refractivity contribution in [3.05, 3.63) is 58.6 Å². The highest BCUT2D eigenvalue weighted by Crippen LogP contribution is 2.39. The highest BCUT2D eigenvalue weighted by Gasteiger charge is 2.25. The van der Waals surface area contributed by atoms with Crippen LogP contribution < -0.4 is 21.1 Å². The number of H-pyrrole nitrogens is 1. The molecule has 1 heterocycles. The number of nitrogens with one attached hydrogen (secondary N) is 3. The van der Waals surface area contributed by atoms with Gasteiger partial charge in [0.15, 0.2) is 5.82 Å². The Labute approximate surface area is 166 Å². The third-order valence-electron chi connectivity index (χ3n) is 4.09. The van der Waals surface area contributed by atoms with Crippen LogP contribution >= 0.6 is 15.9 Å². The molecule has 3 rings (SSSR count). The molecular weight excluding hydrogens is 408 g/mol. The number of benzene rings is 1. The van der Waals surface area contributed by atoms with Crippen molar-refractivity contribution in [3.8, 4) is 5.75 Å². The van der Waals surface area contributed by atoms with E-state index in [0.29, 0.717) is 27.9 Å². The van der Waals surface area contributed by atoms with Crippen molar-refractivity contribution in [2.24, 2.45) is 10.7 Å². The molecule has 7 nitrogen and oxygen atoms in total. The molecule has 0 saturated heterocycles. The van der Waals surface area contributed by atoms with Crippen LogP contribution in [0.5, 0.6) is 5.75 Å². The molecule has 1 aromatic carbocycles. The second kappa shape index (κ2) is 8.30. The molecule has 5 N–H and O–H groups in total. The topological polar surface area (TPSA) is 100 Å². The fourth-order valence-electron chi connectivity index (χ4n) is 2.51. The number of ether oxygens (including phenoxy) is 1. The molecule has 1 fully saturated rings. The van der Waals surface area contributed by atoms with E-state index in [4.69, 9.17) is 10.5 Å². The highest BCUT2D eigenvalue weighted by molar-refractivity contribution is 9.12. The van der Waals surface area contributed by atoms with Crippen LogP contribution in [0.15, 0.2) is 52.3 Å². The minimum Gasteiger partial charge on any atom is -0.495 e. The molecule has 1 saturated carbocycles. The van der Waals surface area contributed by atoms with Crippen molar-refractivity contribution in [2.45, 2.75) is 25.7 Å². The van der Waals surface area contributed by atoms with Crippen molar-refractivity contribution >= 4 is 33.3 Å². The average molecular weight is 431 g/mol. The lowest BCUT2D eigenvalue weighted by Gasteiger charge is -2.14. The van der Waals surface area contributed by atoms with E-state index < -0.39 is 0 Å². The Morgan fingerprint density at radius 2 is 2.22 bits per heavy atom. The molecular formula is C19H23BrN6O. The molecule has 27 heavy (non-hydrogen) atoms. The molecule has 0 radical (unpaired) electrons. The summed E-state index contributed by atoms with van der Waals surface area (Å²) in [5.41, 5.74) is 9.08. The molecule has 1 aromatic heterocycles. The molecule has 142 valence electrons. The number of halogens is 1. The van der Waals surface area contributed by atoms with Gasteiger partial charge in [0.2, 0.25) is 0 Å². The van der Waals surface area contributed by atoms with Crippen molar-refractivity contribution in [1.29, 1.82) is 0 Å². The van der Waals surface area contributed by atoms with Crippen LogP contribution in [0.3, 0.4) is 0 Å². The largest absolute Gasteiger partial charge is 0.495 e. The number of anilines is 1. The van der Waals surface area contributed by atoms with Gasteiger partial charge in [-0.25, -0.2) is 4.99 Å². The van der Waals surface area contributed by atoms with Gasteiger partial charge in [0.25, 0.3) is 0 Å². The number of nitrogens with two attached hydrogens (primary N) is 1. The van der Waals surface area contributed by atoms with E-state index in [9.17, 15) is 0 Å². The van der Waals surface area contributed by atoms with E-state index in [0.717, 1.165) is 22.7 Å². The maximum atomic E-state index is 6.03. The lowest BCUT2D eigenvalue weighted by Crippen LogP contribution is -2.17. The van der Waals surface area contributed by atoms with E-state index in [1.165, 1.54) is 12.8 Å². The zero-order valence-electron chi connectivity index (χ0n) is 15.3. The van der Waals surface area contributed by atoms with E-state index in [2.05, 4.69) is 48.3 Å². The molecule has 0 unspecified atom stereocenters. The number of nitrogens with zero attached hydrogens (tertiary/aromatic N) is 2. The summed E-state index contributed by atoms with van der Waals surface area (Å²) in [7, 11) is 1.63. The van der Waals surface area contributed by atoms with Gasteiger partial charge in [0.05, 0.1) is 23.1 Å². The number of amidine groups is 1. The van der Waals surface area contributed by atoms with Crippen LogP contribution in [-0.4, -0.2) is 23.1 Å². The first kappa shape index (κ1) is 19.0. The number of hydrogen-bond acceptors (Lipinski definition) is 5. The smallest absolute Gasteiger partial charge is 0.175 e. The first-order valence-corrected chi connectivity index (χ1v) is 9.38. The second-order valence-corrected chi connectivity index (χ2v) is 7.25. The zero-order valence-corrected chi connectivity index (χ0v) is 16.9. The lowest BCUT2D eigenvalue weighted by atomic mass is 10.2. The monoisotopic (exact) mass is 430 g/mol. The lowest BCUT2D eigenvalue weighted by molar-refractivity contribution is 0.416. The number of hydrogen-bond donors (Lipinski definition) is 4. The molecule has 0 spiro atoms. The Kier molecular flexibility index (Phi) is 5.85. The zero-order chi connectivity index (χ0) is 19.4. The highest BCUT2D eigenvalue weighted by atomic mass is 79.9. The van der Waals surface area contributed by atoms with E-state index in [-0.39, 0.29) is 0 Å². The van der Waals surface area contributed by atoms with E-state index in [1.807, 2.05) is 31.2 Å². The number of methoxy groups -OCH3 is 1. The van der Waals surface area contributed by atoms with Gasteiger partial charge in [-0.05, 0) is 53.4 Å². The summed E-state index contributed by atoms with van der Waals surface area (Å²) in [5.74, 6) is 2.78. The number of aryl methyl sites for hydroxylation is 1. The summed E-state index contributed by atoms with van der Waals surface area (Å²) < 4.78 is 5.94. The summed E-state index contributed by atoms with van der Waals surface area (Å²) in [6, 6.07) is 7.80. The Morgan fingerprint density at radius 1 is 1.44 bits per heavy atom. The minimum atomic E-state index is 0.317. The Hall–Kier alpha value is -2.74. The number of aromatic nitrogens is 2. The van der Waals surface area contributed by atoms with Gasteiger partial charge in [-0.3, -0.25) is 5.10 Å². The quantitative estimate of drug-likeness (QED) is 0.374. The van der Waals surface area contributed by atoms with Crippen LogP contribution in [0, 0.1) is 6.92 Å². The normalized spacial score (nSPS) is 14.8. The molecule has 0 amide bonds. The maximum absolute atomic E-state index is 6.03. The number of aliphatic imine (C=N–C) groups is 1. The Balaban J connectivity index is 1.61. The van der Waals surface area contributed by atoms with E-state index in [1.54, 1.807) is 13.3 Å². The van der Waals surface area contributed by atoms with Gasteiger partial charge in [-0.2, -0.15) is 5.10 Å². The summed E-state index contributed by atoms with van der Waals surface area (Å²) in [5, 5.41) is 13.4. The van der Waals surface area contributed by atoms with Gasteiger partial charge >= 0.3 is 0 Å². The predicted octanol–water partition coefficient (Wildman–Crippen LogP) is 4.00. The third-order valence-corrected chi connectivity index (χ3v) is 4.73. The van der Waals surface area contributed by atoms with Crippen LogP contribution in [0.1, 0.15) is 30.0 Å². The fraction of sp³-hybridized carbons (Fsp3) is 0.263. The van der Waals surface area contributed by atoms with Crippen molar-refractivity contribution in [3.63, 3.8) is 0 Å². The van der Waals surface area contributed by atoms with Gasteiger partial charge in [0.1, 0.15) is 11.6 Å². The van der Waals surface area contributed by atoms with Gasteiger partial charge < -0.3 is 21.1 Å². The maximum Gasteiger partial charge on any atom is 0.175 e. The van der Waals surface area contributed by atoms with Crippen LogP contribution in [0.2, 0.25) is 0 Å². The number of rotatable bonds is 8. The standard InChI is InChI=1S/C19H23BrN6O/c1-11-4-7-17(27-3)16(8-11)23-12(2)22-10-14(20)19(21)24-18-9-15(25-26-18)13-5-6-13/h4,7-10,13,22-23H,2,5-6H2,1,3H3,(H3,21,24,25,26). The van der Waals surface area contributed by atoms with Gasteiger partial charge in [0, 0.05) is 23.9 Å². The van der Waals surface area contributed by atoms with Crippen LogP contribution in [0.4, 0.5) is 11.5 Å². The molecule has 1 aliphatic carbocycles. The average Bonchev–Trinajstić information content (AvgIpc) is 3.39. The minimum absolute atomic E-state index is 0.317. The van der Waals surface area contributed by atoms with Crippen molar-refractivity contribution in [1.82, 2.24) is 15.5 Å². The third kappa shape index (κ3) is 5.13. The molecule has 2 aromatic rings. The van der Waals surface area contributed by atoms with E-state index >= 15 is 0 Å². The Bertz CT molecular complexity index is 897. The number of aromatic amines is 1. The second-order valence-electron chi connectivity index (χ2n) is 6.40. The Morgan fingerprint density at radius 3 is 2.93 bits per heavy atom. The SMILES string of the molecule is C=C(NC=C(Br)C(N)=Nc1cc(C2CC2)[nH]n1)Nc1cc(C)ccc1OC. The molecule has 1 aliphatic rings. The summed E-state index contributed by atoms with van der Waals surface area (Å²) in [4.78, 5) is 4.32. The predicted molar refractivity (Wildman–Crippen MR) is 112 cm³/mol. The van der Waals surface area contributed by atoms with Crippen molar-refractivity contribution in [2.75, 3.05) is 12.4 Å². The van der Waals surface area contributed by atoms with Crippen LogP contribution in [0.25, 0.3) is 0 Å². The fourth-order valence-corrected chi connectivity index (χ4v) is 2.71. The first-order chi connectivity index (χ1) is 13.0. The summed E-state index contributed by atoms with van der Waals surface area (Å²) in [6.07, 6.45) is 4.08. The van der Waals surface area contributed by atoms with Crippen LogP contribution in [-0.2, 0) is 0 Å². The van der Waals surface area contributed by atoms with Gasteiger partial charge in [-0.1, -0.05) is 12.6 Å². The molecule has 8 heteroatoms. The molecule has 0 atom stereocenters. The van der Waals surface area contributed by atoms with Gasteiger partial charge in [-0.15, -0.1) is 0 Å². The van der Waals surface area contributed by atoms with Crippen molar-refractivity contribution < 1.29 is 4.74 Å². The summed E-state index contributed by atoms with van der Waals surface area (Å²) >= 11 is 3.41. The molecule has 0 bridgehead atoms. The first-order valence-electron chi connectivity index (χ1n) is 8.59. The summed E-state index contributed by atoms with van der Waals surface area (Å²) in [6.45, 7) is 5.97. The molecule has 0 aliphatic heterocycles.